The largest absolute Gasteiger partial charge is 0.0955 e. The van der Waals surface area contributed by atoms with Crippen LogP contribution in [0.2, 0.25) is 0 Å². The highest BCUT2D eigenvalue weighted by Gasteiger charge is 2.40. The molecule has 3 aliphatic carbocycles. The van der Waals surface area contributed by atoms with Crippen LogP contribution in [0.15, 0.2) is 107 Å². The molecule has 0 saturated heterocycles. The van der Waals surface area contributed by atoms with Crippen molar-refractivity contribution in [2.24, 2.45) is 5.92 Å². The maximum atomic E-state index is 4.61. The van der Waals surface area contributed by atoms with Gasteiger partial charge in [0.25, 0.3) is 0 Å². The molecule has 2 atom stereocenters. The first-order valence-electron chi connectivity index (χ1n) is 11.0. The van der Waals surface area contributed by atoms with Crippen LogP contribution in [0.3, 0.4) is 0 Å². The Morgan fingerprint density at radius 2 is 1.90 bits per heavy atom. The molecular weight excluding hydrogens is 348 g/mol. The Hall–Kier alpha value is -2.60. The van der Waals surface area contributed by atoms with Crippen LogP contribution in [0.1, 0.15) is 57.1 Å². The summed E-state index contributed by atoms with van der Waals surface area (Å²) in [6, 6.07) is 9.25. The summed E-state index contributed by atoms with van der Waals surface area (Å²) in [4.78, 5) is 0. The molecular formula is C29H32. The van der Waals surface area contributed by atoms with Gasteiger partial charge in [-0.15, -0.1) is 0 Å². The van der Waals surface area contributed by atoms with Crippen molar-refractivity contribution in [2.75, 3.05) is 0 Å². The van der Waals surface area contributed by atoms with Gasteiger partial charge in [-0.2, -0.15) is 0 Å². The van der Waals surface area contributed by atoms with E-state index in [4.69, 9.17) is 0 Å². The summed E-state index contributed by atoms with van der Waals surface area (Å²) >= 11 is 0. The Balaban J connectivity index is 1.79. The molecule has 0 nitrogen and oxygen atoms in total. The molecule has 0 spiro atoms. The zero-order valence-corrected chi connectivity index (χ0v) is 18.1. The monoisotopic (exact) mass is 380 g/mol. The number of allylic oxidation sites excluding steroid dienone is 12. The second-order valence-electron chi connectivity index (χ2n) is 8.57. The summed E-state index contributed by atoms with van der Waals surface area (Å²) in [6.07, 6.45) is 15.5. The Bertz CT molecular complexity index is 999. The van der Waals surface area contributed by atoms with Gasteiger partial charge in [-0.3, -0.25) is 0 Å². The van der Waals surface area contributed by atoms with Crippen LogP contribution < -0.4 is 0 Å². The fourth-order valence-electron chi connectivity index (χ4n) is 5.14. The number of rotatable bonds is 5. The first-order chi connectivity index (χ1) is 14.0. The maximum Gasteiger partial charge on any atom is 0.0201 e. The van der Waals surface area contributed by atoms with E-state index in [-0.39, 0.29) is 0 Å². The zero-order valence-electron chi connectivity index (χ0n) is 18.1. The normalized spacial score (nSPS) is 24.8. The van der Waals surface area contributed by atoms with E-state index in [2.05, 4.69) is 88.6 Å². The molecule has 0 radical (unpaired) electrons. The average Bonchev–Trinajstić information content (AvgIpc) is 3.35. The van der Waals surface area contributed by atoms with Crippen LogP contribution in [-0.4, -0.2) is 0 Å². The lowest BCUT2D eigenvalue weighted by molar-refractivity contribution is 0.622. The van der Waals surface area contributed by atoms with Gasteiger partial charge in [0.1, 0.15) is 0 Å². The molecule has 0 aliphatic heterocycles. The van der Waals surface area contributed by atoms with Crippen LogP contribution in [-0.2, 0) is 6.42 Å². The lowest BCUT2D eigenvalue weighted by atomic mass is 9.69. The van der Waals surface area contributed by atoms with E-state index in [1.54, 1.807) is 0 Å². The van der Waals surface area contributed by atoms with Crippen LogP contribution in [0.25, 0.3) is 0 Å². The number of hydrogen-bond donors (Lipinski definition) is 0. The summed E-state index contributed by atoms with van der Waals surface area (Å²) < 4.78 is 0. The molecule has 0 heteroatoms. The molecule has 3 aliphatic rings. The molecule has 1 aromatic rings. The molecule has 0 heterocycles. The van der Waals surface area contributed by atoms with Crippen molar-refractivity contribution in [1.29, 1.82) is 0 Å². The maximum absolute atomic E-state index is 4.61. The predicted octanol–water partition coefficient (Wildman–Crippen LogP) is 7.94. The van der Waals surface area contributed by atoms with Gasteiger partial charge in [-0.05, 0) is 71.6 Å². The molecule has 4 rings (SSSR count). The summed E-state index contributed by atoms with van der Waals surface area (Å²) in [5, 5.41) is 0. The minimum Gasteiger partial charge on any atom is -0.0955 e. The van der Waals surface area contributed by atoms with E-state index < -0.39 is 0 Å². The molecule has 0 aromatic heterocycles. The zero-order chi connectivity index (χ0) is 20.5. The number of fused-ring (bicyclic) bond motifs is 1. The second-order valence-corrected chi connectivity index (χ2v) is 8.57. The fourth-order valence-corrected chi connectivity index (χ4v) is 5.14. The molecule has 148 valence electrons. The molecule has 0 bridgehead atoms. The third-order valence-corrected chi connectivity index (χ3v) is 6.77. The van der Waals surface area contributed by atoms with E-state index in [0.717, 1.165) is 25.7 Å². The van der Waals surface area contributed by atoms with Gasteiger partial charge in [0, 0.05) is 11.8 Å². The molecule has 0 N–H and O–H groups in total. The lowest BCUT2D eigenvalue weighted by Crippen LogP contribution is -2.21. The van der Waals surface area contributed by atoms with Gasteiger partial charge in [-0.1, -0.05) is 92.8 Å². The Kier molecular flexibility index (Phi) is 5.46. The second kappa shape index (κ2) is 8.03. The van der Waals surface area contributed by atoms with Crippen molar-refractivity contribution in [3.63, 3.8) is 0 Å². The van der Waals surface area contributed by atoms with Crippen LogP contribution in [0, 0.1) is 5.92 Å². The van der Waals surface area contributed by atoms with Crippen molar-refractivity contribution in [1.82, 2.24) is 0 Å². The lowest BCUT2D eigenvalue weighted by Gasteiger charge is -2.34. The minimum absolute atomic E-state index is 0.322. The quantitative estimate of drug-likeness (QED) is 0.486. The summed E-state index contributed by atoms with van der Waals surface area (Å²) in [5.74, 6) is 0.674. The van der Waals surface area contributed by atoms with Gasteiger partial charge >= 0.3 is 0 Å². The first kappa shape index (κ1) is 19.7. The van der Waals surface area contributed by atoms with Crippen molar-refractivity contribution in [3.8, 4) is 0 Å². The van der Waals surface area contributed by atoms with Gasteiger partial charge in [-0.25, -0.2) is 0 Å². The van der Waals surface area contributed by atoms with E-state index in [1.165, 1.54) is 50.1 Å². The number of benzene rings is 1. The smallest absolute Gasteiger partial charge is 0.0201 e. The predicted molar refractivity (Wildman–Crippen MR) is 126 cm³/mol. The number of aryl methyl sites for hydroxylation is 1. The molecule has 1 aromatic carbocycles. The van der Waals surface area contributed by atoms with Crippen molar-refractivity contribution < 1.29 is 0 Å². The van der Waals surface area contributed by atoms with Gasteiger partial charge in [0.05, 0.1) is 0 Å². The van der Waals surface area contributed by atoms with Crippen molar-refractivity contribution in [2.45, 2.75) is 52.4 Å². The van der Waals surface area contributed by atoms with Gasteiger partial charge in [0.2, 0.25) is 0 Å². The highest BCUT2D eigenvalue weighted by Crippen LogP contribution is 2.54. The van der Waals surface area contributed by atoms with Crippen LogP contribution >= 0.6 is 0 Å². The van der Waals surface area contributed by atoms with Crippen molar-refractivity contribution in [3.05, 3.63) is 118 Å². The Morgan fingerprint density at radius 1 is 1.14 bits per heavy atom. The van der Waals surface area contributed by atoms with E-state index in [9.17, 15) is 0 Å². The Morgan fingerprint density at radius 3 is 2.52 bits per heavy atom. The van der Waals surface area contributed by atoms with Gasteiger partial charge in [0.15, 0.2) is 0 Å². The standard InChI is InChI=1S/C29H32/c1-6-19(3)27-20(4)16-26-18-25(17-23-10-8-9-11-23)21(5)28(26)29(27)24-14-12-22(7-2)13-15-24/h8-10,12-17,28-29H,3,5-7,11,18H2,1-2,4H3/b25-17-. The highest BCUT2D eigenvalue weighted by molar-refractivity contribution is 5.61. The fraction of sp³-hybridized carbons (Fsp3) is 0.310. The van der Waals surface area contributed by atoms with Crippen LogP contribution in [0.5, 0.6) is 0 Å². The minimum atomic E-state index is 0.322. The third kappa shape index (κ3) is 3.57. The molecule has 0 amide bonds. The molecule has 1 fully saturated rings. The molecule has 29 heavy (non-hydrogen) atoms. The Labute approximate surface area is 176 Å². The molecule has 2 unspecified atom stereocenters. The molecule has 1 saturated carbocycles. The van der Waals surface area contributed by atoms with E-state index >= 15 is 0 Å². The first-order valence-corrected chi connectivity index (χ1v) is 11.0. The summed E-state index contributed by atoms with van der Waals surface area (Å²) in [5.41, 5.74) is 12.5. The summed E-state index contributed by atoms with van der Waals surface area (Å²) in [6.45, 7) is 15.8. The highest BCUT2D eigenvalue weighted by atomic mass is 14.4. The topological polar surface area (TPSA) is 0 Å². The van der Waals surface area contributed by atoms with E-state index in [1.807, 2.05) is 0 Å². The van der Waals surface area contributed by atoms with Crippen LogP contribution in [0.4, 0.5) is 0 Å². The number of hydrogen-bond acceptors (Lipinski definition) is 0. The average molecular weight is 381 g/mol. The third-order valence-electron chi connectivity index (χ3n) is 6.77. The summed E-state index contributed by atoms with van der Waals surface area (Å²) in [7, 11) is 0. The SMILES string of the molecule is C=C(CC)C1=C(C)C=C2C/C(=C/C3=CC=CC3)C(=C)C2C1c1ccc(CC)cc1. The van der Waals surface area contributed by atoms with Gasteiger partial charge < -0.3 is 0 Å². The van der Waals surface area contributed by atoms with Crippen molar-refractivity contribution >= 4 is 0 Å². The van der Waals surface area contributed by atoms with E-state index in [0.29, 0.717) is 11.8 Å².